The summed E-state index contributed by atoms with van der Waals surface area (Å²) in [5.74, 6) is 1.39. The number of nitrogens with one attached hydrogen (secondary N) is 1. The first kappa shape index (κ1) is 18.0. The highest BCUT2D eigenvalue weighted by molar-refractivity contribution is 5.53. The molecule has 1 heterocycles. The number of aryl methyl sites for hydroxylation is 1. The lowest BCUT2D eigenvalue weighted by Crippen LogP contribution is -2.32. The smallest absolute Gasteiger partial charge is 0.0445 e. The van der Waals surface area contributed by atoms with Gasteiger partial charge >= 0.3 is 0 Å². The van der Waals surface area contributed by atoms with Crippen LogP contribution in [0.4, 0.5) is 5.69 Å². The van der Waals surface area contributed by atoms with E-state index in [4.69, 9.17) is 0 Å². The molecule has 0 bridgehead atoms. The fraction of sp³-hybridized carbons (Fsp3) is 0.722. The van der Waals surface area contributed by atoms with Crippen LogP contribution in [0.2, 0.25) is 0 Å². The van der Waals surface area contributed by atoms with Gasteiger partial charge in [-0.2, -0.15) is 0 Å². The Morgan fingerprint density at radius 2 is 1.81 bits per heavy atom. The molecule has 1 unspecified atom stereocenters. The summed E-state index contributed by atoms with van der Waals surface area (Å²) >= 11 is 0. The van der Waals surface area contributed by atoms with Gasteiger partial charge in [0, 0.05) is 42.8 Å². The number of nitrogens with zero attached hydrogens (tertiary/aromatic N) is 2. The molecule has 1 aromatic heterocycles. The number of rotatable bonds is 8. The van der Waals surface area contributed by atoms with Crippen molar-refractivity contribution < 1.29 is 0 Å². The zero-order valence-electron chi connectivity index (χ0n) is 14.9. The third-order valence-electron chi connectivity index (χ3n) is 3.82. The molecule has 0 fully saturated rings. The van der Waals surface area contributed by atoms with E-state index in [9.17, 15) is 0 Å². The summed E-state index contributed by atoms with van der Waals surface area (Å²) < 4.78 is 0. The van der Waals surface area contributed by atoms with Crippen LogP contribution in [0.1, 0.15) is 52.3 Å². The van der Waals surface area contributed by atoms with Gasteiger partial charge in [0.1, 0.15) is 0 Å². The standard InChI is InChI=1S/C18H33N3/c1-13(2)8-16(6)21(7)18-9-15(5)20-12-17(18)11-19-10-14(3)4/h9,12-14,16,19H,8,10-11H2,1-7H3. The van der Waals surface area contributed by atoms with Gasteiger partial charge in [-0.05, 0) is 44.7 Å². The third kappa shape index (κ3) is 6.04. The molecule has 0 saturated carbocycles. The normalized spacial score (nSPS) is 13.0. The highest BCUT2D eigenvalue weighted by Crippen LogP contribution is 2.24. The first-order valence-electron chi connectivity index (χ1n) is 8.20. The first-order chi connectivity index (χ1) is 9.81. The van der Waals surface area contributed by atoms with E-state index in [-0.39, 0.29) is 0 Å². The molecular formula is C18H33N3. The summed E-state index contributed by atoms with van der Waals surface area (Å²) in [5, 5.41) is 3.53. The van der Waals surface area contributed by atoms with Gasteiger partial charge in [0.25, 0.3) is 0 Å². The number of hydrogen-bond donors (Lipinski definition) is 1. The number of anilines is 1. The van der Waals surface area contributed by atoms with Crippen LogP contribution < -0.4 is 10.2 Å². The SMILES string of the molecule is Cc1cc(N(C)C(C)CC(C)C)c(CNCC(C)C)cn1. The van der Waals surface area contributed by atoms with Crippen LogP contribution in [0.3, 0.4) is 0 Å². The molecule has 1 aromatic rings. The minimum atomic E-state index is 0.538. The van der Waals surface area contributed by atoms with Crippen molar-refractivity contribution in [1.29, 1.82) is 0 Å². The third-order valence-corrected chi connectivity index (χ3v) is 3.82. The highest BCUT2D eigenvalue weighted by Gasteiger charge is 2.15. The largest absolute Gasteiger partial charge is 0.372 e. The Bertz CT molecular complexity index is 426. The van der Waals surface area contributed by atoms with Gasteiger partial charge in [0.05, 0.1) is 0 Å². The molecule has 0 aromatic carbocycles. The van der Waals surface area contributed by atoms with Gasteiger partial charge in [0.15, 0.2) is 0 Å². The molecule has 0 aliphatic heterocycles. The van der Waals surface area contributed by atoms with Crippen LogP contribution in [0, 0.1) is 18.8 Å². The molecule has 1 atom stereocenters. The average Bonchev–Trinajstić information content (AvgIpc) is 2.38. The summed E-state index contributed by atoms with van der Waals surface area (Å²) in [4.78, 5) is 6.88. The van der Waals surface area contributed by atoms with E-state index in [1.807, 2.05) is 6.20 Å². The second kappa shape index (κ2) is 8.38. The van der Waals surface area contributed by atoms with E-state index < -0.39 is 0 Å². The van der Waals surface area contributed by atoms with Crippen LogP contribution in [0.15, 0.2) is 12.3 Å². The van der Waals surface area contributed by atoms with Crippen molar-refractivity contribution in [3.63, 3.8) is 0 Å². The Morgan fingerprint density at radius 3 is 2.38 bits per heavy atom. The molecule has 3 nitrogen and oxygen atoms in total. The van der Waals surface area contributed by atoms with E-state index in [1.54, 1.807) is 0 Å². The van der Waals surface area contributed by atoms with Gasteiger partial charge in [-0.15, -0.1) is 0 Å². The molecule has 0 radical (unpaired) electrons. The highest BCUT2D eigenvalue weighted by atomic mass is 15.1. The second-order valence-corrected chi connectivity index (χ2v) is 7.07. The van der Waals surface area contributed by atoms with Crippen molar-refractivity contribution in [1.82, 2.24) is 10.3 Å². The molecule has 120 valence electrons. The van der Waals surface area contributed by atoms with E-state index in [0.29, 0.717) is 17.9 Å². The quantitative estimate of drug-likeness (QED) is 0.784. The average molecular weight is 291 g/mol. The summed E-state index contributed by atoms with van der Waals surface area (Å²) in [5.41, 5.74) is 3.69. The second-order valence-electron chi connectivity index (χ2n) is 7.07. The Hall–Kier alpha value is -1.09. The zero-order valence-corrected chi connectivity index (χ0v) is 14.9. The van der Waals surface area contributed by atoms with Crippen molar-refractivity contribution in [3.05, 3.63) is 23.5 Å². The molecule has 0 aliphatic rings. The van der Waals surface area contributed by atoms with Gasteiger partial charge in [-0.1, -0.05) is 27.7 Å². The van der Waals surface area contributed by atoms with Crippen molar-refractivity contribution in [3.8, 4) is 0 Å². The Morgan fingerprint density at radius 1 is 1.14 bits per heavy atom. The van der Waals surface area contributed by atoms with E-state index in [0.717, 1.165) is 18.8 Å². The topological polar surface area (TPSA) is 28.2 Å². The summed E-state index contributed by atoms with van der Waals surface area (Å²) in [6, 6.07) is 2.75. The molecule has 21 heavy (non-hydrogen) atoms. The van der Waals surface area contributed by atoms with Crippen molar-refractivity contribution in [2.45, 2.75) is 60.5 Å². The van der Waals surface area contributed by atoms with E-state index in [2.05, 4.69) is 69.9 Å². The van der Waals surface area contributed by atoms with E-state index in [1.165, 1.54) is 17.7 Å². The molecule has 0 saturated heterocycles. The van der Waals surface area contributed by atoms with Crippen LogP contribution in [-0.4, -0.2) is 24.6 Å². The van der Waals surface area contributed by atoms with Gasteiger partial charge in [-0.25, -0.2) is 0 Å². The Kier molecular flexibility index (Phi) is 7.16. The number of pyridine rings is 1. The Balaban J connectivity index is 2.85. The van der Waals surface area contributed by atoms with Crippen molar-refractivity contribution in [2.75, 3.05) is 18.5 Å². The van der Waals surface area contributed by atoms with Crippen LogP contribution in [0.25, 0.3) is 0 Å². The lowest BCUT2D eigenvalue weighted by Gasteiger charge is -2.30. The molecule has 3 heteroatoms. The summed E-state index contributed by atoms with van der Waals surface area (Å²) in [6.07, 6.45) is 3.23. The molecule has 1 N–H and O–H groups in total. The number of aromatic nitrogens is 1. The minimum absolute atomic E-state index is 0.538. The van der Waals surface area contributed by atoms with Crippen molar-refractivity contribution >= 4 is 5.69 Å². The lowest BCUT2D eigenvalue weighted by atomic mass is 10.0. The zero-order chi connectivity index (χ0) is 16.0. The molecular weight excluding hydrogens is 258 g/mol. The van der Waals surface area contributed by atoms with E-state index >= 15 is 0 Å². The maximum Gasteiger partial charge on any atom is 0.0445 e. The van der Waals surface area contributed by atoms with Gasteiger partial charge < -0.3 is 10.2 Å². The Labute approximate surface area is 131 Å². The van der Waals surface area contributed by atoms with Crippen LogP contribution >= 0.6 is 0 Å². The molecule has 0 aliphatic carbocycles. The van der Waals surface area contributed by atoms with Crippen molar-refractivity contribution in [2.24, 2.45) is 11.8 Å². The fourth-order valence-electron chi connectivity index (χ4n) is 2.61. The molecule has 0 spiro atoms. The fourth-order valence-corrected chi connectivity index (χ4v) is 2.61. The monoisotopic (exact) mass is 291 g/mol. The predicted octanol–water partition coefficient (Wildman–Crippen LogP) is 4.01. The summed E-state index contributed by atoms with van der Waals surface area (Å²) in [6.45, 7) is 15.3. The predicted molar refractivity (Wildman–Crippen MR) is 92.8 cm³/mol. The maximum atomic E-state index is 4.47. The number of hydrogen-bond acceptors (Lipinski definition) is 3. The maximum absolute atomic E-state index is 4.47. The molecule has 1 rings (SSSR count). The van der Waals surface area contributed by atoms with Crippen LogP contribution in [-0.2, 0) is 6.54 Å². The van der Waals surface area contributed by atoms with Crippen LogP contribution in [0.5, 0.6) is 0 Å². The first-order valence-corrected chi connectivity index (χ1v) is 8.20. The minimum Gasteiger partial charge on any atom is -0.372 e. The molecule has 0 amide bonds. The van der Waals surface area contributed by atoms with Gasteiger partial charge in [0.2, 0.25) is 0 Å². The van der Waals surface area contributed by atoms with Gasteiger partial charge in [-0.3, -0.25) is 4.98 Å². The summed E-state index contributed by atoms with van der Waals surface area (Å²) in [7, 11) is 2.20. The lowest BCUT2D eigenvalue weighted by molar-refractivity contribution is 0.502.